The van der Waals surface area contributed by atoms with Gasteiger partial charge in [0.1, 0.15) is 12.1 Å². The Morgan fingerprint density at radius 2 is 1.63 bits per heavy atom. The van der Waals surface area contributed by atoms with Crippen molar-refractivity contribution in [2.75, 3.05) is 23.3 Å². The van der Waals surface area contributed by atoms with Crippen molar-refractivity contribution in [3.63, 3.8) is 0 Å². The van der Waals surface area contributed by atoms with E-state index in [1.54, 1.807) is 6.33 Å². The maximum Gasteiger partial charge on any atom is 0.251 e. The van der Waals surface area contributed by atoms with Gasteiger partial charge in [-0.05, 0) is 56.7 Å². The van der Waals surface area contributed by atoms with Crippen LogP contribution in [0.1, 0.15) is 35.3 Å². The lowest BCUT2D eigenvalue weighted by molar-refractivity contribution is 0.0951. The lowest BCUT2D eigenvalue weighted by Crippen LogP contribution is -2.23. The molecule has 6 heteroatoms. The van der Waals surface area contributed by atoms with Crippen molar-refractivity contribution in [2.24, 2.45) is 0 Å². The molecule has 4 rings (SSSR count). The molecule has 0 spiro atoms. The average molecular weight is 466 g/mol. The molecule has 0 radical (unpaired) electrons. The minimum atomic E-state index is -0.121. The second-order valence-electron chi connectivity index (χ2n) is 8.38. The number of carbonyl (C=O) groups is 1. The third-order valence-corrected chi connectivity index (χ3v) is 5.93. The Bertz CT molecular complexity index is 1270. The number of carbonyl (C=O) groups excluding carboxylic acids is 1. The molecular weight excluding hydrogens is 434 g/mol. The molecule has 0 aliphatic heterocycles. The molecule has 178 valence electrons. The smallest absolute Gasteiger partial charge is 0.251 e. The maximum absolute atomic E-state index is 12.8. The molecule has 6 nitrogen and oxygen atoms in total. The fraction of sp³-hybridized carbons (Fsp3) is 0.207. The Balaban J connectivity index is 1.39. The maximum atomic E-state index is 12.8. The van der Waals surface area contributed by atoms with Crippen LogP contribution in [0, 0.1) is 6.92 Å². The summed E-state index contributed by atoms with van der Waals surface area (Å²) in [6.45, 7) is 8.77. The van der Waals surface area contributed by atoms with E-state index in [4.69, 9.17) is 0 Å². The standard InChI is InChI=1S/C29H31N5O/c1-4-34(5-2)26-15-11-22(12-16-26)19-30-29(35)24-7-6-8-25(17-24)33-28-18-27(31-20-32-28)23-13-9-21(3)10-14-23/h6-18,20H,4-5,19H2,1-3H3,(H,30,35)(H,31,32,33). The number of hydrogen-bond donors (Lipinski definition) is 2. The van der Waals surface area contributed by atoms with Gasteiger partial charge in [0.25, 0.3) is 5.91 Å². The largest absolute Gasteiger partial charge is 0.372 e. The normalized spacial score (nSPS) is 10.6. The lowest BCUT2D eigenvalue weighted by Gasteiger charge is -2.21. The minimum absolute atomic E-state index is 0.121. The summed E-state index contributed by atoms with van der Waals surface area (Å²) in [4.78, 5) is 23.8. The van der Waals surface area contributed by atoms with Crippen LogP contribution < -0.4 is 15.5 Å². The fourth-order valence-electron chi connectivity index (χ4n) is 3.89. The molecule has 0 saturated heterocycles. The van der Waals surface area contributed by atoms with Gasteiger partial charge in [0.15, 0.2) is 0 Å². The quantitative estimate of drug-likeness (QED) is 0.319. The summed E-state index contributed by atoms with van der Waals surface area (Å²) in [5.74, 6) is 0.547. The number of rotatable bonds is 9. The molecule has 0 atom stereocenters. The predicted octanol–water partition coefficient (Wildman–Crippen LogP) is 5.97. The number of nitrogens with one attached hydrogen (secondary N) is 2. The van der Waals surface area contributed by atoms with Crippen LogP contribution in [0.2, 0.25) is 0 Å². The van der Waals surface area contributed by atoms with Crippen LogP contribution in [0.3, 0.4) is 0 Å². The monoisotopic (exact) mass is 465 g/mol. The van der Waals surface area contributed by atoms with E-state index in [1.165, 1.54) is 11.3 Å². The first-order valence-electron chi connectivity index (χ1n) is 11.9. The summed E-state index contributed by atoms with van der Waals surface area (Å²) in [6, 6.07) is 25.9. The molecule has 0 bridgehead atoms. The SMILES string of the molecule is CCN(CC)c1ccc(CNC(=O)c2cccc(Nc3cc(-c4ccc(C)cc4)ncn3)c2)cc1. The van der Waals surface area contributed by atoms with E-state index in [9.17, 15) is 4.79 Å². The van der Waals surface area contributed by atoms with Crippen LogP contribution in [0.4, 0.5) is 17.2 Å². The summed E-state index contributed by atoms with van der Waals surface area (Å²) in [6.07, 6.45) is 1.54. The zero-order chi connectivity index (χ0) is 24.6. The number of nitrogens with zero attached hydrogens (tertiary/aromatic N) is 3. The second-order valence-corrected chi connectivity index (χ2v) is 8.38. The van der Waals surface area contributed by atoms with E-state index in [0.29, 0.717) is 17.9 Å². The molecule has 1 heterocycles. The summed E-state index contributed by atoms with van der Waals surface area (Å²) < 4.78 is 0. The van der Waals surface area contributed by atoms with Crippen LogP contribution >= 0.6 is 0 Å². The lowest BCUT2D eigenvalue weighted by atomic mass is 10.1. The minimum Gasteiger partial charge on any atom is -0.372 e. The molecule has 1 amide bonds. The van der Waals surface area contributed by atoms with Gasteiger partial charge in [-0.15, -0.1) is 0 Å². The van der Waals surface area contributed by atoms with Gasteiger partial charge < -0.3 is 15.5 Å². The Kier molecular flexibility index (Phi) is 7.73. The van der Waals surface area contributed by atoms with Crippen LogP contribution in [-0.4, -0.2) is 29.0 Å². The van der Waals surface area contributed by atoms with Gasteiger partial charge in [0.2, 0.25) is 0 Å². The van der Waals surface area contributed by atoms with Gasteiger partial charge in [-0.2, -0.15) is 0 Å². The van der Waals surface area contributed by atoms with Crippen molar-refractivity contribution >= 4 is 23.1 Å². The molecule has 0 aliphatic carbocycles. The topological polar surface area (TPSA) is 70.2 Å². The van der Waals surface area contributed by atoms with Crippen molar-refractivity contribution in [1.29, 1.82) is 0 Å². The Morgan fingerprint density at radius 1 is 0.886 bits per heavy atom. The highest BCUT2D eigenvalue weighted by Gasteiger charge is 2.08. The molecule has 35 heavy (non-hydrogen) atoms. The highest BCUT2D eigenvalue weighted by Crippen LogP contribution is 2.22. The summed E-state index contributed by atoms with van der Waals surface area (Å²) >= 11 is 0. The Morgan fingerprint density at radius 3 is 2.34 bits per heavy atom. The third-order valence-electron chi connectivity index (χ3n) is 5.93. The van der Waals surface area contributed by atoms with E-state index in [2.05, 4.69) is 82.7 Å². The van der Waals surface area contributed by atoms with Crippen LogP contribution in [-0.2, 0) is 6.54 Å². The fourth-order valence-corrected chi connectivity index (χ4v) is 3.89. The van der Waals surface area contributed by atoms with Crippen LogP contribution in [0.5, 0.6) is 0 Å². The first-order chi connectivity index (χ1) is 17.1. The summed E-state index contributed by atoms with van der Waals surface area (Å²) in [5, 5.41) is 6.30. The summed E-state index contributed by atoms with van der Waals surface area (Å²) in [7, 11) is 0. The molecule has 2 N–H and O–H groups in total. The van der Waals surface area contributed by atoms with Crippen molar-refractivity contribution in [1.82, 2.24) is 15.3 Å². The number of anilines is 3. The first-order valence-corrected chi connectivity index (χ1v) is 11.9. The number of hydrogen-bond acceptors (Lipinski definition) is 5. The van der Waals surface area contributed by atoms with Gasteiger partial charge in [-0.25, -0.2) is 9.97 Å². The zero-order valence-electron chi connectivity index (χ0n) is 20.5. The Labute approximate surface area is 207 Å². The molecule has 0 saturated carbocycles. The van der Waals surface area contributed by atoms with Crippen molar-refractivity contribution < 1.29 is 4.79 Å². The average Bonchev–Trinajstić information content (AvgIpc) is 2.89. The first kappa shape index (κ1) is 24.0. The molecule has 0 fully saturated rings. The molecular formula is C29H31N5O. The van der Waals surface area contributed by atoms with Gasteiger partial charge in [-0.1, -0.05) is 48.0 Å². The molecule has 1 aromatic heterocycles. The van der Waals surface area contributed by atoms with Crippen molar-refractivity contribution in [2.45, 2.75) is 27.3 Å². The number of amides is 1. The van der Waals surface area contributed by atoms with Gasteiger partial charge in [-0.3, -0.25) is 4.79 Å². The van der Waals surface area contributed by atoms with E-state index >= 15 is 0 Å². The van der Waals surface area contributed by atoms with Gasteiger partial charge in [0, 0.05) is 48.2 Å². The molecule has 3 aromatic carbocycles. The molecule has 0 aliphatic rings. The molecule has 4 aromatic rings. The molecule has 0 unspecified atom stereocenters. The number of benzene rings is 3. The number of aryl methyl sites for hydroxylation is 1. The third kappa shape index (κ3) is 6.23. The number of aromatic nitrogens is 2. The van der Waals surface area contributed by atoms with Crippen molar-refractivity contribution in [3.05, 3.63) is 102 Å². The van der Waals surface area contributed by atoms with E-state index < -0.39 is 0 Å². The predicted molar refractivity (Wildman–Crippen MR) is 143 cm³/mol. The van der Waals surface area contributed by atoms with E-state index in [1.807, 2.05) is 42.5 Å². The highest BCUT2D eigenvalue weighted by atomic mass is 16.1. The summed E-state index contributed by atoms with van der Waals surface area (Å²) in [5.41, 5.74) is 6.69. The van der Waals surface area contributed by atoms with Gasteiger partial charge in [0.05, 0.1) is 5.69 Å². The highest BCUT2D eigenvalue weighted by molar-refractivity contribution is 5.95. The van der Waals surface area contributed by atoms with Crippen LogP contribution in [0.25, 0.3) is 11.3 Å². The zero-order valence-corrected chi connectivity index (χ0v) is 20.5. The van der Waals surface area contributed by atoms with Gasteiger partial charge >= 0.3 is 0 Å². The van der Waals surface area contributed by atoms with Crippen molar-refractivity contribution in [3.8, 4) is 11.3 Å². The van der Waals surface area contributed by atoms with E-state index in [0.717, 1.165) is 35.6 Å². The Hall–Kier alpha value is -4.19. The van der Waals surface area contributed by atoms with Crippen LogP contribution in [0.15, 0.2) is 85.2 Å². The second kappa shape index (κ2) is 11.3. The van der Waals surface area contributed by atoms with E-state index in [-0.39, 0.29) is 5.91 Å².